The average molecular weight is 503 g/mol. The van der Waals surface area contributed by atoms with Gasteiger partial charge in [0.05, 0.1) is 13.7 Å². The molecule has 1 aromatic rings. The average Bonchev–Trinajstić information content (AvgIpc) is 2.62. The van der Waals surface area contributed by atoms with E-state index in [9.17, 15) is 4.79 Å². The van der Waals surface area contributed by atoms with E-state index in [1.807, 2.05) is 33.0 Å². The van der Waals surface area contributed by atoms with Crippen molar-refractivity contribution >= 4 is 35.8 Å². The Balaban J connectivity index is 0.00000392. The Morgan fingerprint density at radius 2 is 1.89 bits per heavy atom. The number of hydrogen-bond donors (Lipinski definition) is 2. The van der Waals surface area contributed by atoms with Crippen LogP contribution in [0.2, 0.25) is 0 Å². The molecular formula is C20H34IN5O2. The van der Waals surface area contributed by atoms with Crippen LogP contribution in [-0.2, 0) is 11.3 Å². The van der Waals surface area contributed by atoms with Crippen molar-refractivity contribution in [2.45, 2.75) is 33.4 Å². The third-order valence-electron chi connectivity index (χ3n) is 4.50. The number of amides is 1. The first kappa shape index (κ1) is 24.5. The minimum Gasteiger partial charge on any atom is -0.497 e. The first-order valence-corrected chi connectivity index (χ1v) is 9.53. The summed E-state index contributed by atoms with van der Waals surface area (Å²) in [5.41, 5.74) is 2.34. The summed E-state index contributed by atoms with van der Waals surface area (Å²) in [7, 11) is 3.49. The smallest absolute Gasteiger partial charge is 0.234 e. The van der Waals surface area contributed by atoms with Gasteiger partial charge in [0, 0.05) is 45.8 Å². The minimum absolute atomic E-state index is 0. The second kappa shape index (κ2) is 12.1. The van der Waals surface area contributed by atoms with Gasteiger partial charge in [-0.25, -0.2) is 0 Å². The van der Waals surface area contributed by atoms with Gasteiger partial charge in [0.25, 0.3) is 0 Å². The molecule has 1 aliphatic rings. The zero-order valence-electron chi connectivity index (χ0n) is 17.6. The Labute approximate surface area is 185 Å². The summed E-state index contributed by atoms with van der Waals surface area (Å²) in [6.07, 6.45) is 0. The minimum atomic E-state index is 0. The molecule has 1 heterocycles. The largest absolute Gasteiger partial charge is 0.497 e. The SMILES string of the molecule is CN=C(NCc1cc(C)cc(OC)c1)N1CCN(CC(=O)NC(C)C)CC1.I. The van der Waals surface area contributed by atoms with Gasteiger partial charge in [-0.15, -0.1) is 24.0 Å². The Morgan fingerprint density at radius 3 is 2.46 bits per heavy atom. The number of carbonyl (C=O) groups excluding carboxylic acids is 1. The van der Waals surface area contributed by atoms with Crippen molar-refractivity contribution in [2.24, 2.45) is 4.99 Å². The molecule has 0 aromatic heterocycles. The Kier molecular flexibility index (Phi) is 10.6. The molecule has 158 valence electrons. The second-order valence-electron chi connectivity index (χ2n) is 7.24. The molecule has 1 fully saturated rings. The molecule has 0 bridgehead atoms. The predicted octanol–water partition coefficient (Wildman–Crippen LogP) is 1.84. The van der Waals surface area contributed by atoms with Crippen molar-refractivity contribution < 1.29 is 9.53 Å². The zero-order valence-corrected chi connectivity index (χ0v) is 19.9. The molecule has 0 radical (unpaired) electrons. The summed E-state index contributed by atoms with van der Waals surface area (Å²) in [6.45, 7) is 10.6. The molecule has 1 aromatic carbocycles. The van der Waals surface area contributed by atoms with Crippen LogP contribution < -0.4 is 15.4 Å². The Morgan fingerprint density at radius 1 is 1.21 bits per heavy atom. The maximum Gasteiger partial charge on any atom is 0.234 e. The number of nitrogens with zero attached hydrogens (tertiary/aromatic N) is 3. The highest BCUT2D eigenvalue weighted by atomic mass is 127. The van der Waals surface area contributed by atoms with Crippen LogP contribution in [0.4, 0.5) is 0 Å². The third-order valence-corrected chi connectivity index (χ3v) is 4.50. The molecule has 2 rings (SSSR count). The lowest BCUT2D eigenvalue weighted by molar-refractivity contribution is -0.123. The van der Waals surface area contributed by atoms with Crippen LogP contribution in [0, 0.1) is 6.92 Å². The van der Waals surface area contributed by atoms with Crippen molar-refractivity contribution in [2.75, 3.05) is 46.9 Å². The predicted molar refractivity (Wildman–Crippen MR) is 125 cm³/mol. The topological polar surface area (TPSA) is 69.2 Å². The number of benzene rings is 1. The number of rotatable bonds is 6. The van der Waals surface area contributed by atoms with E-state index in [1.165, 1.54) is 5.56 Å². The first-order chi connectivity index (χ1) is 12.9. The fourth-order valence-electron chi connectivity index (χ4n) is 3.25. The second-order valence-corrected chi connectivity index (χ2v) is 7.24. The summed E-state index contributed by atoms with van der Waals surface area (Å²) in [4.78, 5) is 20.8. The van der Waals surface area contributed by atoms with Crippen LogP contribution in [0.5, 0.6) is 5.75 Å². The first-order valence-electron chi connectivity index (χ1n) is 9.53. The molecule has 1 saturated heterocycles. The van der Waals surface area contributed by atoms with Crippen LogP contribution >= 0.6 is 24.0 Å². The molecule has 1 aliphatic heterocycles. The van der Waals surface area contributed by atoms with Crippen LogP contribution in [0.15, 0.2) is 23.2 Å². The normalized spacial score (nSPS) is 15.2. The molecule has 0 saturated carbocycles. The standard InChI is InChI=1S/C20H33N5O2.HI/c1-15(2)23-19(26)14-24-6-8-25(9-7-24)20(21-4)22-13-17-10-16(3)11-18(12-17)27-5;/h10-12,15H,6-9,13-14H2,1-5H3,(H,21,22)(H,23,26);1H. The van der Waals surface area contributed by atoms with Gasteiger partial charge in [-0.2, -0.15) is 0 Å². The van der Waals surface area contributed by atoms with Crippen LogP contribution in [0.3, 0.4) is 0 Å². The highest BCUT2D eigenvalue weighted by Gasteiger charge is 2.21. The number of methoxy groups -OCH3 is 1. The van der Waals surface area contributed by atoms with Crippen molar-refractivity contribution in [1.29, 1.82) is 0 Å². The van der Waals surface area contributed by atoms with E-state index in [-0.39, 0.29) is 35.9 Å². The van der Waals surface area contributed by atoms with Crippen molar-refractivity contribution in [1.82, 2.24) is 20.4 Å². The Bertz CT molecular complexity index is 658. The van der Waals surface area contributed by atoms with Crippen molar-refractivity contribution in [3.63, 3.8) is 0 Å². The van der Waals surface area contributed by atoms with E-state index in [0.29, 0.717) is 13.1 Å². The number of ether oxygens (including phenoxy) is 1. The molecule has 28 heavy (non-hydrogen) atoms. The summed E-state index contributed by atoms with van der Waals surface area (Å²) in [5.74, 6) is 1.85. The number of aryl methyl sites for hydroxylation is 1. The highest BCUT2D eigenvalue weighted by molar-refractivity contribution is 14.0. The molecule has 8 heteroatoms. The zero-order chi connectivity index (χ0) is 19.8. The van der Waals surface area contributed by atoms with Crippen molar-refractivity contribution in [3.8, 4) is 5.75 Å². The molecule has 1 amide bonds. The van der Waals surface area contributed by atoms with E-state index < -0.39 is 0 Å². The van der Waals surface area contributed by atoms with Gasteiger partial charge >= 0.3 is 0 Å². The van der Waals surface area contributed by atoms with Gasteiger partial charge < -0.3 is 20.3 Å². The van der Waals surface area contributed by atoms with Crippen LogP contribution in [0.1, 0.15) is 25.0 Å². The lowest BCUT2D eigenvalue weighted by Gasteiger charge is -2.36. The summed E-state index contributed by atoms with van der Waals surface area (Å²) in [5, 5.41) is 6.39. The van der Waals surface area contributed by atoms with Gasteiger partial charge in [-0.1, -0.05) is 6.07 Å². The number of carbonyl (C=O) groups is 1. The number of piperazine rings is 1. The number of hydrogen-bond acceptors (Lipinski definition) is 4. The lowest BCUT2D eigenvalue weighted by atomic mass is 10.1. The summed E-state index contributed by atoms with van der Waals surface area (Å²) in [6, 6.07) is 6.39. The molecule has 0 atom stereocenters. The molecule has 7 nitrogen and oxygen atoms in total. The van der Waals surface area contributed by atoms with E-state index in [2.05, 4.69) is 38.4 Å². The maximum atomic E-state index is 11.9. The van der Waals surface area contributed by atoms with Crippen molar-refractivity contribution in [3.05, 3.63) is 29.3 Å². The quantitative estimate of drug-likeness (QED) is 0.353. The number of nitrogens with one attached hydrogen (secondary N) is 2. The van der Waals surface area contributed by atoms with Crippen LogP contribution in [-0.4, -0.2) is 74.6 Å². The molecular weight excluding hydrogens is 469 g/mol. The monoisotopic (exact) mass is 503 g/mol. The van der Waals surface area contributed by atoms with Gasteiger partial charge in [-0.3, -0.25) is 14.7 Å². The maximum absolute atomic E-state index is 11.9. The van der Waals surface area contributed by atoms with E-state index in [4.69, 9.17) is 4.74 Å². The fraction of sp³-hybridized carbons (Fsp3) is 0.600. The van der Waals surface area contributed by atoms with Gasteiger partial charge in [0.2, 0.25) is 5.91 Å². The van der Waals surface area contributed by atoms with Gasteiger partial charge in [0.1, 0.15) is 5.75 Å². The molecule has 0 aliphatic carbocycles. The van der Waals surface area contributed by atoms with Crippen LogP contribution in [0.25, 0.3) is 0 Å². The van der Waals surface area contributed by atoms with Gasteiger partial charge in [0.15, 0.2) is 5.96 Å². The van der Waals surface area contributed by atoms with E-state index >= 15 is 0 Å². The van der Waals surface area contributed by atoms with E-state index in [1.54, 1.807) is 7.11 Å². The Hall–Kier alpha value is -1.55. The number of halogens is 1. The molecule has 0 spiro atoms. The highest BCUT2D eigenvalue weighted by Crippen LogP contribution is 2.16. The molecule has 2 N–H and O–H groups in total. The third kappa shape index (κ3) is 7.83. The summed E-state index contributed by atoms with van der Waals surface area (Å²) >= 11 is 0. The number of guanidine groups is 1. The summed E-state index contributed by atoms with van der Waals surface area (Å²) < 4.78 is 5.35. The fourth-order valence-corrected chi connectivity index (χ4v) is 3.25. The lowest BCUT2D eigenvalue weighted by Crippen LogP contribution is -2.54. The van der Waals surface area contributed by atoms with E-state index in [0.717, 1.165) is 43.5 Å². The number of aliphatic imine (C=N–C) groups is 1. The molecule has 0 unspecified atom stereocenters. The van der Waals surface area contributed by atoms with Gasteiger partial charge in [-0.05, 0) is 44.0 Å².